The van der Waals surface area contributed by atoms with E-state index in [0.717, 1.165) is 47.0 Å². The van der Waals surface area contributed by atoms with Crippen LogP contribution in [-0.4, -0.2) is 34.8 Å². The summed E-state index contributed by atoms with van der Waals surface area (Å²) in [5, 5.41) is 3.93. The fraction of sp³-hybridized carbons (Fsp3) is 0.296. The lowest BCUT2D eigenvalue weighted by molar-refractivity contribution is -0.128. The van der Waals surface area contributed by atoms with Crippen LogP contribution in [0.4, 0.5) is 0 Å². The van der Waals surface area contributed by atoms with Gasteiger partial charge in [0.25, 0.3) is 0 Å². The average Bonchev–Trinajstić information content (AvgIpc) is 3.24. The molecule has 0 saturated carbocycles. The van der Waals surface area contributed by atoms with Gasteiger partial charge in [0.2, 0.25) is 17.7 Å². The maximum Gasteiger partial charge on any atom is 0.244 e. The molecular weight excluding hydrogens is 414 g/mol. The lowest BCUT2D eigenvalue weighted by Crippen LogP contribution is -2.24. The monoisotopic (exact) mass is 443 g/mol. The number of rotatable bonds is 9. The lowest BCUT2D eigenvalue weighted by atomic mass is 10.1. The van der Waals surface area contributed by atoms with Crippen molar-refractivity contribution in [2.45, 2.75) is 39.3 Å². The van der Waals surface area contributed by atoms with Crippen molar-refractivity contribution < 1.29 is 14.3 Å². The number of hydrogen-bond donors (Lipinski definition) is 1. The Kier molecular flexibility index (Phi) is 7.35. The van der Waals surface area contributed by atoms with Crippen molar-refractivity contribution in [2.75, 3.05) is 13.2 Å². The number of para-hydroxylation sites is 1. The second kappa shape index (κ2) is 10.8. The summed E-state index contributed by atoms with van der Waals surface area (Å²) < 4.78 is 5.81. The molecular formula is C27H29N3O3. The molecule has 0 unspecified atom stereocenters. The Morgan fingerprint density at radius 3 is 2.82 bits per heavy atom. The molecule has 1 saturated heterocycles. The van der Waals surface area contributed by atoms with E-state index in [1.54, 1.807) is 6.08 Å². The van der Waals surface area contributed by atoms with Crippen LogP contribution in [0.1, 0.15) is 42.9 Å². The minimum atomic E-state index is -0.190. The molecule has 2 amide bonds. The molecule has 6 heteroatoms. The standard InChI is InChI=1S/C27H29N3O3/c1-2-15-33-27-23(17-22-9-3-4-10-24(22)29-27)12-13-25(31)28-18-20-7-5-8-21(16-20)19-30-14-6-11-26(30)32/h3-5,7-10,12-13,16-17H,2,6,11,14-15,18-19H2,1H3,(H,28,31)/b13-12+. The third kappa shape index (κ3) is 5.98. The summed E-state index contributed by atoms with van der Waals surface area (Å²) in [6, 6.07) is 17.8. The molecule has 6 nitrogen and oxygen atoms in total. The number of aromatic nitrogens is 1. The van der Waals surface area contributed by atoms with Crippen molar-refractivity contribution in [3.05, 3.63) is 77.4 Å². The minimum absolute atomic E-state index is 0.190. The van der Waals surface area contributed by atoms with Gasteiger partial charge in [-0.3, -0.25) is 9.59 Å². The van der Waals surface area contributed by atoms with Gasteiger partial charge in [-0.25, -0.2) is 4.98 Å². The number of ether oxygens (including phenoxy) is 1. The number of amides is 2. The van der Waals surface area contributed by atoms with E-state index in [4.69, 9.17) is 4.74 Å². The van der Waals surface area contributed by atoms with E-state index in [1.807, 2.05) is 66.4 Å². The maximum absolute atomic E-state index is 12.5. The molecule has 1 aliphatic heterocycles. The number of carbonyl (C=O) groups excluding carboxylic acids is 2. The number of likely N-dealkylation sites (tertiary alicyclic amines) is 1. The number of benzene rings is 2. The molecule has 2 aromatic carbocycles. The first-order valence-corrected chi connectivity index (χ1v) is 11.5. The van der Waals surface area contributed by atoms with Gasteiger partial charge in [-0.2, -0.15) is 0 Å². The van der Waals surface area contributed by atoms with Gasteiger partial charge in [0.1, 0.15) is 0 Å². The Morgan fingerprint density at radius 1 is 1.15 bits per heavy atom. The van der Waals surface area contributed by atoms with Gasteiger partial charge in [-0.15, -0.1) is 0 Å². The number of pyridine rings is 1. The zero-order valence-corrected chi connectivity index (χ0v) is 18.9. The zero-order chi connectivity index (χ0) is 23.0. The van der Waals surface area contributed by atoms with Gasteiger partial charge in [0, 0.05) is 43.1 Å². The van der Waals surface area contributed by atoms with Crippen LogP contribution in [0.2, 0.25) is 0 Å². The third-order valence-electron chi connectivity index (χ3n) is 5.58. The molecule has 0 aliphatic carbocycles. The molecule has 1 N–H and O–H groups in total. The van der Waals surface area contributed by atoms with Gasteiger partial charge in [0.15, 0.2) is 0 Å². The molecule has 0 atom stereocenters. The van der Waals surface area contributed by atoms with E-state index >= 15 is 0 Å². The molecule has 0 radical (unpaired) electrons. The first kappa shape index (κ1) is 22.5. The molecule has 1 aromatic heterocycles. The fourth-order valence-corrected chi connectivity index (χ4v) is 3.89. The molecule has 4 rings (SSSR count). The predicted octanol–water partition coefficient (Wildman–Crippen LogP) is 4.48. The van der Waals surface area contributed by atoms with Crippen molar-refractivity contribution in [1.82, 2.24) is 15.2 Å². The Hall–Kier alpha value is -3.67. The molecule has 0 spiro atoms. The van der Waals surface area contributed by atoms with Crippen LogP contribution in [0.5, 0.6) is 5.88 Å². The maximum atomic E-state index is 12.5. The first-order chi connectivity index (χ1) is 16.1. The summed E-state index contributed by atoms with van der Waals surface area (Å²) >= 11 is 0. The third-order valence-corrected chi connectivity index (χ3v) is 5.58. The van der Waals surface area contributed by atoms with Gasteiger partial charge in [-0.1, -0.05) is 49.4 Å². The topological polar surface area (TPSA) is 71.5 Å². The second-order valence-corrected chi connectivity index (χ2v) is 8.21. The quantitative estimate of drug-likeness (QED) is 0.495. The van der Waals surface area contributed by atoms with Crippen LogP contribution >= 0.6 is 0 Å². The lowest BCUT2D eigenvalue weighted by Gasteiger charge is -2.16. The summed E-state index contributed by atoms with van der Waals surface area (Å²) in [6.45, 7) is 4.47. The second-order valence-electron chi connectivity index (χ2n) is 8.21. The highest BCUT2D eigenvalue weighted by Crippen LogP contribution is 2.24. The zero-order valence-electron chi connectivity index (χ0n) is 18.9. The van der Waals surface area contributed by atoms with Crippen molar-refractivity contribution >= 4 is 28.8 Å². The predicted molar refractivity (Wildman–Crippen MR) is 130 cm³/mol. The van der Waals surface area contributed by atoms with E-state index in [1.165, 1.54) is 6.08 Å². The van der Waals surface area contributed by atoms with E-state index in [2.05, 4.69) is 10.3 Å². The van der Waals surface area contributed by atoms with Crippen LogP contribution in [0, 0.1) is 0 Å². The molecule has 0 bridgehead atoms. The summed E-state index contributed by atoms with van der Waals surface area (Å²) in [5.74, 6) is 0.554. The highest BCUT2D eigenvalue weighted by atomic mass is 16.5. The number of nitrogens with one attached hydrogen (secondary N) is 1. The number of hydrogen-bond acceptors (Lipinski definition) is 4. The summed E-state index contributed by atoms with van der Waals surface area (Å²) in [5.41, 5.74) is 3.71. The van der Waals surface area contributed by atoms with Crippen molar-refractivity contribution in [3.8, 4) is 5.88 Å². The Morgan fingerprint density at radius 2 is 2.00 bits per heavy atom. The van der Waals surface area contributed by atoms with Gasteiger partial charge < -0.3 is 15.0 Å². The Balaban J connectivity index is 1.39. The van der Waals surface area contributed by atoms with E-state index in [-0.39, 0.29) is 11.8 Å². The van der Waals surface area contributed by atoms with E-state index < -0.39 is 0 Å². The molecule has 1 fully saturated rings. The van der Waals surface area contributed by atoms with Crippen LogP contribution in [-0.2, 0) is 22.7 Å². The largest absolute Gasteiger partial charge is 0.477 e. The minimum Gasteiger partial charge on any atom is -0.477 e. The van der Waals surface area contributed by atoms with Crippen LogP contribution < -0.4 is 10.1 Å². The van der Waals surface area contributed by atoms with Crippen molar-refractivity contribution in [2.24, 2.45) is 0 Å². The number of carbonyl (C=O) groups is 2. The van der Waals surface area contributed by atoms with Crippen LogP contribution in [0.3, 0.4) is 0 Å². The summed E-state index contributed by atoms with van der Waals surface area (Å²) in [6.07, 6.45) is 5.70. The van der Waals surface area contributed by atoms with Gasteiger partial charge >= 0.3 is 0 Å². The highest BCUT2D eigenvalue weighted by molar-refractivity contribution is 5.93. The van der Waals surface area contributed by atoms with Crippen molar-refractivity contribution in [3.63, 3.8) is 0 Å². The van der Waals surface area contributed by atoms with Gasteiger partial charge in [0.05, 0.1) is 12.1 Å². The first-order valence-electron chi connectivity index (χ1n) is 11.5. The van der Waals surface area contributed by atoms with Gasteiger partial charge in [-0.05, 0) is 42.2 Å². The molecule has 33 heavy (non-hydrogen) atoms. The Bertz CT molecular complexity index is 1170. The van der Waals surface area contributed by atoms with E-state index in [9.17, 15) is 9.59 Å². The number of fused-ring (bicyclic) bond motifs is 1. The fourth-order valence-electron chi connectivity index (χ4n) is 3.89. The van der Waals surface area contributed by atoms with Crippen molar-refractivity contribution in [1.29, 1.82) is 0 Å². The molecule has 2 heterocycles. The van der Waals surface area contributed by atoms with Crippen LogP contribution in [0.15, 0.2) is 60.7 Å². The summed E-state index contributed by atoms with van der Waals surface area (Å²) in [7, 11) is 0. The molecule has 3 aromatic rings. The summed E-state index contributed by atoms with van der Waals surface area (Å²) in [4.78, 5) is 30.8. The van der Waals surface area contributed by atoms with E-state index in [0.29, 0.717) is 32.0 Å². The average molecular weight is 444 g/mol. The molecule has 1 aliphatic rings. The molecule has 170 valence electrons. The highest BCUT2D eigenvalue weighted by Gasteiger charge is 2.19. The van der Waals surface area contributed by atoms with Crippen LogP contribution in [0.25, 0.3) is 17.0 Å². The SMILES string of the molecule is CCCOc1nc2ccccc2cc1/C=C/C(=O)NCc1cccc(CN2CCCC2=O)c1. The smallest absolute Gasteiger partial charge is 0.244 e. The Labute approximate surface area is 194 Å². The normalized spacial score (nSPS) is 13.7. The number of nitrogens with zero attached hydrogens (tertiary/aromatic N) is 2.